The second kappa shape index (κ2) is 5.65. The van der Waals surface area contributed by atoms with Crippen LogP contribution in [-0.4, -0.2) is 21.4 Å². The molecule has 0 amide bonds. The lowest BCUT2D eigenvalue weighted by atomic mass is 10.1. The minimum atomic E-state index is -0.168. The van der Waals surface area contributed by atoms with Crippen molar-refractivity contribution in [2.75, 3.05) is 6.61 Å². The summed E-state index contributed by atoms with van der Waals surface area (Å²) in [6.07, 6.45) is 0.846. The zero-order valence-corrected chi connectivity index (χ0v) is 14.8. The summed E-state index contributed by atoms with van der Waals surface area (Å²) in [6, 6.07) is 8.22. The average Bonchev–Trinajstić information content (AvgIpc) is 3.07. The van der Waals surface area contributed by atoms with Crippen LogP contribution in [0.25, 0.3) is 21.1 Å². The Balaban J connectivity index is 1.89. The van der Waals surface area contributed by atoms with Gasteiger partial charge < -0.3 is 4.74 Å². The number of halogens is 1. The van der Waals surface area contributed by atoms with Crippen molar-refractivity contribution in [2.45, 2.75) is 19.9 Å². The third-order valence-corrected chi connectivity index (χ3v) is 5.62. The highest BCUT2D eigenvalue weighted by Crippen LogP contribution is 2.43. The molecule has 3 aromatic rings. The summed E-state index contributed by atoms with van der Waals surface area (Å²) in [5, 5.41) is 6.73. The Hall–Kier alpha value is -1.86. The molecule has 7 heteroatoms. The molecule has 1 aliphatic heterocycles. The van der Waals surface area contributed by atoms with Gasteiger partial charge in [-0.2, -0.15) is 5.10 Å². The van der Waals surface area contributed by atoms with Gasteiger partial charge in [0.05, 0.1) is 11.5 Å². The highest BCUT2D eigenvalue weighted by molar-refractivity contribution is 9.10. The van der Waals surface area contributed by atoms with E-state index in [0.29, 0.717) is 19.0 Å². The van der Waals surface area contributed by atoms with Gasteiger partial charge in [-0.1, -0.05) is 15.9 Å². The maximum atomic E-state index is 11.8. The molecule has 0 radical (unpaired) electrons. The number of benzene rings is 1. The topological polar surface area (TPSA) is 59.9 Å². The monoisotopic (exact) mass is 391 g/mol. The quantitative estimate of drug-likeness (QED) is 0.724. The van der Waals surface area contributed by atoms with Crippen LogP contribution in [0, 0.1) is 0 Å². The van der Waals surface area contributed by atoms with Crippen LogP contribution in [0.1, 0.15) is 12.5 Å². The fraction of sp³-hybridized carbons (Fsp3) is 0.250. The molecule has 0 spiro atoms. The Labute approximate surface area is 145 Å². The molecule has 0 saturated heterocycles. The van der Waals surface area contributed by atoms with Gasteiger partial charge in [0.15, 0.2) is 5.82 Å². The van der Waals surface area contributed by atoms with E-state index in [1.165, 1.54) is 10.4 Å². The molecule has 0 saturated carbocycles. The summed E-state index contributed by atoms with van der Waals surface area (Å²) in [6.45, 7) is 3.19. The first-order valence-electron chi connectivity index (χ1n) is 7.38. The van der Waals surface area contributed by atoms with E-state index in [2.05, 4.69) is 38.3 Å². The lowest BCUT2D eigenvalue weighted by Crippen LogP contribution is -2.16. The Morgan fingerprint density at radius 2 is 2.30 bits per heavy atom. The molecule has 5 nitrogen and oxygen atoms in total. The van der Waals surface area contributed by atoms with E-state index in [-0.39, 0.29) is 5.69 Å². The third kappa shape index (κ3) is 2.44. The predicted molar refractivity (Wildman–Crippen MR) is 94.2 cm³/mol. The molecule has 0 atom stereocenters. The van der Waals surface area contributed by atoms with Crippen LogP contribution in [0.15, 0.2) is 33.5 Å². The number of ether oxygens (including phenoxy) is 1. The van der Waals surface area contributed by atoms with Gasteiger partial charge in [-0.3, -0.25) is 4.57 Å². The maximum absolute atomic E-state index is 11.8. The lowest BCUT2D eigenvalue weighted by Gasteiger charge is -2.07. The second-order valence-electron chi connectivity index (χ2n) is 5.30. The van der Waals surface area contributed by atoms with E-state index < -0.39 is 0 Å². The first-order chi connectivity index (χ1) is 11.2. The molecule has 0 fully saturated rings. The SMILES string of the molecule is CCn1c(-c2cc3c(s2)-c2ccc(Br)cc2OCC3)n[nH]c1=O. The zero-order valence-electron chi connectivity index (χ0n) is 12.4. The second-order valence-corrected chi connectivity index (χ2v) is 7.27. The van der Waals surface area contributed by atoms with Crippen LogP contribution in [-0.2, 0) is 13.0 Å². The highest BCUT2D eigenvalue weighted by atomic mass is 79.9. The van der Waals surface area contributed by atoms with Crippen molar-refractivity contribution in [3.8, 4) is 26.9 Å². The number of fused-ring (bicyclic) bond motifs is 3. The van der Waals surface area contributed by atoms with Gasteiger partial charge in [-0.15, -0.1) is 11.3 Å². The van der Waals surface area contributed by atoms with Crippen molar-refractivity contribution >= 4 is 27.3 Å². The largest absolute Gasteiger partial charge is 0.493 e. The minimum absolute atomic E-state index is 0.168. The molecule has 2 aromatic heterocycles. The Bertz CT molecular complexity index is 941. The smallest absolute Gasteiger partial charge is 0.343 e. The van der Waals surface area contributed by atoms with Gasteiger partial charge in [0, 0.05) is 27.9 Å². The number of aromatic nitrogens is 3. The number of nitrogens with one attached hydrogen (secondary N) is 1. The molecule has 1 N–H and O–H groups in total. The van der Waals surface area contributed by atoms with E-state index in [1.54, 1.807) is 15.9 Å². The molecule has 0 aliphatic carbocycles. The Morgan fingerprint density at radius 3 is 3.13 bits per heavy atom. The molecule has 23 heavy (non-hydrogen) atoms. The van der Waals surface area contributed by atoms with Gasteiger partial charge in [-0.05, 0) is 36.8 Å². The fourth-order valence-electron chi connectivity index (χ4n) is 2.83. The van der Waals surface area contributed by atoms with Crippen molar-refractivity contribution in [3.05, 3.63) is 44.8 Å². The average molecular weight is 392 g/mol. The molecular formula is C16H14BrN3O2S. The number of aromatic amines is 1. The Kier molecular flexibility index (Phi) is 3.61. The van der Waals surface area contributed by atoms with E-state index in [1.807, 2.05) is 19.1 Å². The fourth-order valence-corrected chi connectivity index (χ4v) is 4.40. The van der Waals surface area contributed by atoms with Crippen molar-refractivity contribution in [1.82, 2.24) is 14.8 Å². The standard InChI is InChI=1S/C16H14BrN3O2S/c1-2-20-15(18-19-16(20)21)13-7-9-5-6-22-12-8-10(17)3-4-11(12)14(9)23-13/h3-4,7-8H,2,5-6H2,1H3,(H,19,21). The highest BCUT2D eigenvalue weighted by Gasteiger charge is 2.21. The van der Waals surface area contributed by atoms with Gasteiger partial charge >= 0.3 is 5.69 Å². The molecule has 0 unspecified atom stereocenters. The summed E-state index contributed by atoms with van der Waals surface area (Å²) in [7, 11) is 0. The maximum Gasteiger partial charge on any atom is 0.343 e. The molecule has 1 aliphatic rings. The van der Waals surface area contributed by atoms with E-state index in [0.717, 1.165) is 27.1 Å². The van der Waals surface area contributed by atoms with E-state index in [9.17, 15) is 4.79 Å². The van der Waals surface area contributed by atoms with Gasteiger partial charge in [0.2, 0.25) is 0 Å². The summed E-state index contributed by atoms with van der Waals surface area (Å²) < 4.78 is 8.52. The Morgan fingerprint density at radius 1 is 1.43 bits per heavy atom. The first kappa shape index (κ1) is 14.7. The molecule has 3 heterocycles. The van der Waals surface area contributed by atoms with Crippen LogP contribution in [0.4, 0.5) is 0 Å². The van der Waals surface area contributed by atoms with Crippen molar-refractivity contribution < 1.29 is 4.74 Å². The van der Waals surface area contributed by atoms with Gasteiger partial charge in [0.25, 0.3) is 0 Å². The number of rotatable bonds is 2. The number of hydrogen-bond acceptors (Lipinski definition) is 4. The normalized spacial score (nSPS) is 13.1. The number of H-pyrrole nitrogens is 1. The first-order valence-corrected chi connectivity index (χ1v) is 8.99. The van der Waals surface area contributed by atoms with Crippen LogP contribution >= 0.6 is 27.3 Å². The molecule has 1 aromatic carbocycles. The lowest BCUT2D eigenvalue weighted by molar-refractivity contribution is 0.326. The zero-order chi connectivity index (χ0) is 16.0. The predicted octanol–water partition coefficient (Wildman–Crippen LogP) is 3.68. The van der Waals surface area contributed by atoms with Crippen molar-refractivity contribution in [1.29, 1.82) is 0 Å². The molecule has 0 bridgehead atoms. The van der Waals surface area contributed by atoms with Crippen LogP contribution in [0.2, 0.25) is 0 Å². The van der Waals surface area contributed by atoms with Crippen molar-refractivity contribution in [3.63, 3.8) is 0 Å². The number of nitrogens with zero attached hydrogens (tertiary/aromatic N) is 2. The van der Waals surface area contributed by atoms with E-state index in [4.69, 9.17) is 4.74 Å². The summed E-state index contributed by atoms with van der Waals surface area (Å²) in [5.74, 6) is 1.59. The third-order valence-electron chi connectivity index (χ3n) is 3.92. The van der Waals surface area contributed by atoms with Crippen molar-refractivity contribution in [2.24, 2.45) is 0 Å². The molecule has 4 rings (SSSR count). The summed E-state index contributed by atoms with van der Waals surface area (Å²) in [4.78, 5) is 14.0. The van der Waals surface area contributed by atoms with Crippen LogP contribution < -0.4 is 10.4 Å². The van der Waals surface area contributed by atoms with E-state index >= 15 is 0 Å². The van der Waals surface area contributed by atoms with Crippen LogP contribution in [0.5, 0.6) is 5.75 Å². The number of hydrogen-bond donors (Lipinski definition) is 1. The van der Waals surface area contributed by atoms with Gasteiger partial charge in [0.1, 0.15) is 5.75 Å². The number of thiophene rings is 1. The molecule has 118 valence electrons. The summed E-state index contributed by atoms with van der Waals surface area (Å²) >= 11 is 5.15. The van der Waals surface area contributed by atoms with Gasteiger partial charge in [-0.25, -0.2) is 9.89 Å². The summed E-state index contributed by atoms with van der Waals surface area (Å²) in [5.41, 5.74) is 2.17. The minimum Gasteiger partial charge on any atom is -0.493 e. The molecular weight excluding hydrogens is 378 g/mol. The van der Waals surface area contributed by atoms with Crippen LogP contribution in [0.3, 0.4) is 0 Å².